The number of Topliss-reactive ketones (excluding diaryl/α,β-unsaturated/α-hetero) is 1. The summed E-state index contributed by atoms with van der Waals surface area (Å²) in [6.07, 6.45) is 7.38. The van der Waals surface area contributed by atoms with Crippen molar-refractivity contribution in [1.29, 1.82) is 0 Å². The van der Waals surface area contributed by atoms with Crippen LogP contribution in [0.1, 0.15) is 23.7 Å². The van der Waals surface area contributed by atoms with E-state index in [1.165, 1.54) is 6.20 Å². The first kappa shape index (κ1) is 14.3. The number of thiol groups is 1. The highest BCUT2D eigenvalue weighted by Crippen LogP contribution is 2.14. The fourth-order valence-corrected chi connectivity index (χ4v) is 1.66. The van der Waals surface area contributed by atoms with Crippen molar-refractivity contribution in [2.24, 2.45) is 5.73 Å². The topological polar surface area (TPSA) is 43.1 Å². The van der Waals surface area contributed by atoms with Crippen molar-refractivity contribution >= 4 is 18.4 Å². The molecule has 94 valence electrons. The number of rotatable bonds is 5. The fourth-order valence-electron chi connectivity index (χ4n) is 1.46. The molecule has 0 bridgehead atoms. The van der Waals surface area contributed by atoms with Gasteiger partial charge in [-0.1, -0.05) is 48.6 Å². The van der Waals surface area contributed by atoms with Gasteiger partial charge in [0.15, 0.2) is 5.78 Å². The lowest BCUT2D eigenvalue weighted by Crippen LogP contribution is -1.96. The summed E-state index contributed by atoms with van der Waals surface area (Å²) in [5, 5.41) is 0. The number of ketones is 1. The van der Waals surface area contributed by atoms with Crippen molar-refractivity contribution in [2.75, 3.05) is 0 Å². The molecule has 0 spiro atoms. The van der Waals surface area contributed by atoms with Crippen LogP contribution in [0.15, 0.2) is 65.2 Å². The average Bonchev–Trinajstić information content (AvgIpc) is 2.43. The highest BCUT2D eigenvalue weighted by atomic mass is 32.1. The van der Waals surface area contributed by atoms with Crippen LogP contribution < -0.4 is 5.73 Å². The van der Waals surface area contributed by atoms with Crippen molar-refractivity contribution in [3.8, 4) is 0 Å². The zero-order chi connectivity index (χ0) is 13.4. The van der Waals surface area contributed by atoms with E-state index in [2.05, 4.69) is 12.6 Å². The minimum absolute atomic E-state index is 0.0970. The molecule has 0 radical (unpaired) electrons. The smallest absolute Gasteiger partial charge is 0.166 e. The predicted molar refractivity (Wildman–Crippen MR) is 79.5 cm³/mol. The minimum atomic E-state index is 0.0970. The Morgan fingerprint density at radius 3 is 2.56 bits per heavy atom. The van der Waals surface area contributed by atoms with Gasteiger partial charge < -0.3 is 5.73 Å². The largest absolute Gasteiger partial charge is 0.404 e. The number of nitrogens with two attached hydrogens (primary N) is 1. The second-order valence-corrected chi connectivity index (χ2v) is 4.17. The van der Waals surface area contributed by atoms with Gasteiger partial charge in [-0.3, -0.25) is 4.79 Å². The highest BCUT2D eigenvalue weighted by Gasteiger charge is 2.02. The van der Waals surface area contributed by atoms with Crippen LogP contribution in [-0.2, 0) is 0 Å². The molecule has 0 unspecified atom stereocenters. The van der Waals surface area contributed by atoms with Crippen molar-refractivity contribution < 1.29 is 4.79 Å². The summed E-state index contributed by atoms with van der Waals surface area (Å²) < 4.78 is 0. The van der Waals surface area contributed by atoms with E-state index in [1.54, 1.807) is 0 Å². The molecule has 0 aliphatic carbocycles. The summed E-state index contributed by atoms with van der Waals surface area (Å²) in [6.45, 7) is 1.90. The van der Waals surface area contributed by atoms with Crippen molar-refractivity contribution in [3.63, 3.8) is 0 Å². The predicted octanol–water partition coefficient (Wildman–Crippen LogP) is 3.49. The van der Waals surface area contributed by atoms with Gasteiger partial charge >= 0.3 is 0 Å². The van der Waals surface area contributed by atoms with Crippen molar-refractivity contribution in [3.05, 3.63) is 70.8 Å². The van der Waals surface area contributed by atoms with E-state index in [4.69, 9.17) is 5.73 Å². The number of hydrogen-bond donors (Lipinski definition) is 2. The third-order valence-corrected chi connectivity index (χ3v) is 2.87. The highest BCUT2D eigenvalue weighted by molar-refractivity contribution is 7.84. The third kappa shape index (κ3) is 4.26. The van der Waals surface area contributed by atoms with Crippen LogP contribution in [-0.4, -0.2) is 5.78 Å². The lowest BCUT2D eigenvalue weighted by Gasteiger charge is -2.00. The van der Waals surface area contributed by atoms with Gasteiger partial charge in [0.2, 0.25) is 0 Å². The molecule has 0 aliphatic heterocycles. The first-order chi connectivity index (χ1) is 8.69. The van der Waals surface area contributed by atoms with Gasteiger partial charge in [-0.15, -0.1) is 12.6 Å². The minimum Gasteiger partial charge on any atom is -0.404 e. The summed E-state index contributed by atoms with van der Waals surface area (Å²) in [4.78, 5) is 12.5. The standard InChI is InChI=1S/C15H17NOS/c1-2-12(15(18)11-16)9-6-10-14(17)13-7-4-3-5-8-13/h2-9,11,18H,10,16H2,1H3/b9-6-,12-2+,15-11-. The van der Waals surface area contributed by atoms with Crippen LogP contribution in [0.2, 0.25) is 0 Å². The molecule has 0 aliphatic rings. The van der Waals surface area contributed by atoms with Crippen LogP contribution in [0.25, 0.3) is 0 Å². The first-order valence-electron chi connectivity index (χ1n) is 5.71. The molecule has 0 aromatic heterocycles. The zero-order valence-corrected chi connectivity index (χ0v) is 11.2. The second-order valence-electron chi connectivity index (χ2n) is 3.69. The first-order valence-corrected chi connectivity index (χ1v) is 6.16. The molecule has 1 rings (SSSR count). The molecule has 0 saturated heterocycles. The van der Waals surface area contributed by atoms with Crippen LogP contribution >= 0.6 is 12.6 Å². The van der Waals surface area contributed by atoms with Gasteiger partial charge in [0, 0.05) is 23.1 Å². The number of carbonyl (C=O) groups is 1. The zero-order valence-electron chi connectivity index (χ0n) is 10.3. The van der Waals surface area contributed by atoms with Gasteiger partial charge in [-0.25, -0.2) is 0 Å². The molecule has 1 aromatic rings. The second kappa shape index (κ2) is 7.56. The van der Waals surface area contributed by atoms with Crippen molar-refractivity contribution in [2.45, 2.75) is 13.3 Å². The Hall–Kier alpha value is -1.74. The third-order valence-electron chi connectivity index (χ3n) is 2.46. The van der Waals surface area contributed by atoms with Crippen LogP contribution in [0.3, 0.4) is 0 Å². The monoisotopic (exact) mass is 259 g/mol. The number of allylic oxidation sites excluding steroid dienone is 4. The normalized spacial score (nSPS) is 13.0. The van der Waals surface area contributed by atoms with E-state index in [1.807, 2.05) is 55.5 Å². The SMILES string of the molecule is C/C=C(\C=C/CC(=O)c1ccccc1)C(/S)=C/N. The quantitative estimate of drug-likeness (QED) is 0.483. The maximum absolute atomic E-state index is 11.8. The van der Waals surface area contributed by atoms with Gasteiger partial charge in [-0.2, -0.15) is 0 Å². The Balaban J connectivity index is 2.63. The van der Waals surface area contributed by atoms with Gasteiger partial charge in [0.05, 0.1) is 0 Å². The maximum Gasteiger partial charge on any atom is 0.166 e. The molecular weight excluding hydrogens is 242 g/mol. The number of hydrogen-bond acceptors (Lipinski definition) is 3. The van der Waals surface area contributed by atoms with Gasteiger partial charge in [-0.05, 0) is 12.5 Å². The molecule has 2 N–H and O–H groups in total. The fraction of sp³-hybridized carbons (Fsp3) is 0.133. The van der Waals surface area contributed by atoms with E-state index >= 15 is 0 Å². The molecule has 0 atom stereocenters. The molecule has 18 heavy (non-hydrogen) atoms. The molecule has 2 nitrogen and oxygen atoms in total. The lowest BCUT2D eigenvalue weighted by molar-refractivity contribution is 0.0996. The Morgan fingerprint density at radius 2 is 2.00 bits per heavy atom. The molecule has 0 heterocycles. The maximum atomic E-state index is 11.8. The Morgan fingerprint density at radius 1 is 1.33 bits per heavy atom. The van der Waals surface area contributed by atoms with E-state index < -0.39 is 0 Å². The summed E-state index contributed by atoms with van der Waals surface area (Å²) >= 11 is 4.23. The van der Waals surface area contributed by atoms with Crippen LogP contribution in [0.4, 0.5) is 0 Å². The van der Waals surface area contributed by atoms with Crippen molar-refractivity contribution in [1.82, 2.24) is 0 Å². The van der Waals surface area contributed by atoms with Gasteiger partial charge in [0.1, 0.15) is 0 Å². The molecule has 0 amide bonds. The summed E-state index contributed by atoms with van der Waals surface area (Å²) in [6, 6.07) is 9.24. The summed E-state index contributed by atoms with van der Waals surface area (Å²) in [5.41, 5.74) is 7.02. The number of benzene rings is 1. The number of carbonyl (C=O) groups excluding carboxylic acids is 1. The van der Waals surface area contributed by atoms with Crippen LogP contribution in [0.5, 0.6) is 0 Å². The Bertz CT molecular complexity index is 486. The van der Waals surface area contributed by atoms with E-state index in [0.29, 0.717) is 11.3 Å². The molecule has 3 heteroatoms. The summed E-state index contributed by atoms with van der Waals surface area (Å²) in [5.74, 6) is 0.0970. The Labute approximate surface area is 113 Å². The van der Waals surface area contributed by atoms with E-state index in [0.717, 1.165) is 11.1 Å². The van der Waals surface area contributed by atoms with Gasteiger partial charge in [0.25, 0.3) is 0 Å². The van der Waals surface area contributed by atoms with E-state index in [9.17, 15) is 4.79 Å². The average molecular weight is 259 g/mol. The molecule has 1 aromatic carbocycles. The lowest BCUT2D eigenvalue weighted by atomic mass is 10.1. The molecular formula is C15H17NOS. The molecule has 0 fully saturated rings. The molecule has 0 saturated carbocycles. The summed E-state index contributed by atoms with van der Waals surface area (Å²) in [7, 11) is 0. The van der Waals surface area contributed by atoms with Crippen LogP contribution in [0, 0.1) is 0 Å². The van der Waals surface area contributed by atoms with E-state index in [-0.39, 0.29) is 5.78 Å². The Kier molecular flexibility index (Phi) is 6.01.